The Hall–Kier alpha value is -2.46. The van der Waals surface area contributed by atoms with Crippen LogP contribution in [0.25, 0.3) is 0 Å². The minimum atomic E-state index is 0.169. The molecule has 0 aliphatic heterocycles. The molecule has 0 spiro atoms. The lowest BCUT2D eigenvalue weighted by Gasteiger charge is -2.21. The molecule has 0 saturated carbocycles. The number of hydrogen-bond acceptors (Lipinski definition) is 4. The second-order valence-corrected chi connectivity index (χ2v) is 6.12. The predicted octanol–water partition coefficient (Wildman–Crippen LogP) is 4.86. The van der Waals surface area contributed by atoms with E-state index in [1.54, 1.807) is 12.5 Å². The highest BCUT2D eigenvalue weighted by Gasteiger charge is 2.12. The first-order valence-electron chi connectivity index (χ1n) is 8.22. The molecule has 24 heavy (non-hydrogen) atoms. The SMILES string of the molecule is CC(C)Oc1cccc(CN(Cc2ccco2)Cc2ccco2)c1. The minimum absolute atomic E-state index is 0.169. The molecule has 126 valence electrons. The number of nitrogens with zero attached hydrogens (tertiary/aromatic N) is 1. The van der Waals surface area contributed by atoms with Crippen LogP contribution in [0.2, 0.25) is 0 Å². The molecular formula is C20H23NO3. The Morgan fingerprint density at radius 2 is 1.54 bits per heavy atom. The smallest absolute Gasteiger partial charge is 0.120 e. The van der Waals surface area contributed by atoms with Crippen LogP contribution in [-0.4, -0.2) is 11.0 Å². The van der Waals surface area contributed by atoms with Crippen molar-refractivity contribution in [2.75, 3.05) is 0 Å². The lowest BCUT2D eigenvalue weighted by Crippen LogP contribution is -2.22. The van der Waals surface area contributed by atoms with Crippen molar-refractivity contribution in [3.63, 3.8) is 0 Å². The molecule has 0 unspecified atom stereocenters. The summed E-state index contributed by atoms with van der Waals surface area (Å²) in [5.41, 5.74) is 1.20. The van der Waals surface area contributed by atoms with Gasteiger partial charge >= 0.3 is 0 Å². The zero-order valence-corrected chi connectivity index (χ0v) is 14.1. The zero-order chi connectivity index (χ0) is 16.8. The van der Waals surface area contributed by atoms with Crippen LogP contribution in [-0.2, 0) is 19.6 Å². The molecule has 0 amide bonds. The predicted molar refractivity (Wildman–Crippen MR) is 92.6 cm³/mol. The summed E-state index contributed by atoms with van der Waals surface area (Å²) in [6.45, 7) is 6.31. The Kier molecular flexibility index (Phi) is 5.39. The van der Waals surface area contributed by atoms with Gasteiger partial charge in [-0.2, -0.15) is 0 Å². The van der Waals surface area contributed by atoms with Crippen molar-refractivity contribution < 1.29 is 13.6 Å². The molecule has 2 aromatic heterocycles. The van der Waals surface area contributed by atoms with Gasteiger partial charge in [0.15, 0.2) is 0 Å². The van der Waals surface area contributed by atoms with Gasteiger partial charge in [-0.1, -0.05) is 12.1 Å². The Morgan fingerprint density at radius 1 is 0.875 bits per heavy atom. The normalized spacial score (nSPS) is 11.3. The van der Waals surface area contributed by atoms with Gasteiger partial charge in [-0.3, -0.25) is 4.90 Å². The quantitative estimate of drug-likeness (QED) is 0.593. The number of hydrogen-bond donors (Lipinski definition) is 0. The van der Waals surface area contributed by atoms with E-state index in [0.29, 0.717) is 0 Å². The van der Waals surface area contributed by atoms with Crippen molar-refractivity contribution in [3.8, 4) is 5.75 Å². The molecule has 4 heteroatoms. The topological polar surface area (TPSA) is 38.8 Å². The first-order valence-corrected chi connectivity index (χ1v) is 8.22. The fraction of sp³-hybridized carbons (Fsp3) is 0.300. The zero-order valence-electron chi connectivity index (χ0n) is 14.1. The van der Waals surface area contributed by atoms with E-state index in [1.807, 2.05) is 50.2 Å². The van der Waals surface area contributed by atoms with Crippen LogP contribution in [0, 0.1) is 0 Å². The van der Waals surface area contributed by atoms with E-state index < -0.39 is 0 Å². The van der Waals surface area contributed by atoms with Crippen molar-refractivity contribution in [2.24, 2.45) is 0 Å². The van der Waals surface area contributed by atoms with Crippen LogP contribution in [0.3, 0.4) is 0 Å². The van der Waals surface area contributed by atoms with Gasteiger partial charge in [0.25, 0.3) is 0 Å². The number of rotatable bonds is 8. The van der Waals surface area contributed by atoms with Gasteiger partial charge in [0.2, 0.25) is 0 Å². The van der Waals surface area contributed by atoms with E-state index in [9.17, 15) is 0 Å². The lowest BCUT2D eigenvalue weighted by molar-refractivity contribution is 0.208. The molecule has 0 atom stereocenters. The molecule has 0 fully saturated rings. The summed E-state index contributed by atoms with van der Waals surface area (Å²) in [4.78, 5) is 2.28. The van der Waals surface area contributed by atoms with Gasteiger partial charge in [-0.15, -0.1) is 0 Å². The fourth-order valence-corrected chi connectivity index (χ4v) is 2.66. The largest absolute Gasteiger partial charge is 0.491 e. The summed E-state index contributed by atoms with van der Waals surface area (Å²) in [6, 6.07) is 16.1. The molecule has 0 N–H and O–H groups in total. The van der Waals surface area contributed by atoms with Gasteiger partial charge in [-0.25, -0.2) is 0 Å². The van der Waals surface area contributed by atoms with Gasteiger partial charge in [0.05, 0.1) is 31.7 Å². The van der Waals surface area contributed by atoms with E-state index in [1.165, 1.54) is 5.56 Å². The van der Waals surface area contributed by atoms with Crippen LogP contribution < -0.4 is 4.74 Å². The third-order valence-electron chi connectivity index (χ3n) is 3.60. The third kappa shape index (κ3) is 4.77. The molecule has 0 radical (unpaired) electrons. The maximum Gasteiger partial charge on any atom is 0.120 e. The highest BCUT2D eigenvalue weighted by Crippen LogP contribution is 2.19. The highest BCUT2D eigenvalue weighted by molar-refractivity contribution is 5.28. The van der Waals surface area contributed by atoms with E-state index in [0.717, 1.165) is 36.9 Å². The summed E-state index contributed by atoms with van der Waals surface area (Å²) in [6.07, 6.45) is 3.58. The van der Waals surface area contributed by atoms with Crippen LogP contribution in [0.15, 0.2) is 69.9 Å². The van der Waals surface area contributed by atoms with E-state index in [2.05, 4.69) is 17.0 Å². The first-order chi connectivity index (χ1) is 11.7. The summed E-state index contributed by atoms with van der Waals surface area (Å²) in [5.74, 6) is 2.78. The monoisotopic (exact) mass is 325 g/mol. The van der Waals surface area contributed by atoms with Gasteiger partial charge in [-0.05, 0) is 55.8 Å². The van der Waals surface area contributed by atoms with Crippen LogP contribution in [0.4, 0.5) is 0 Å². The van der Waals surface area contributed by atoms with Crippen molar-refractivity contribution in [3.05, 3.63) is 78.1 Å². The molecule has 0 saturated heterocycles. The second-order valence-electron chi connectivity index (χ2n) is 6.12. The lowest BCUT2D eigenvalue weighted by atomic mass is 10.2. The van der Waals surface area contributed by atoms with Crippen LogP contribution in [0.1, 0.15) is 30.9 Å². The van der Waals surface area contributed by atoms with Gasteiger partial charge in [0, 0.05) is 6.54 Å². The molecule has 4 nitrogen and oxygen atoms in total. The maximum atomic E-state index is 5.79. The summed E-state index contributed by atoms with van der Waals surface area (Å²) in [5, 5.41) is 0. The Bertz CT molecular complexity index is 681. The fourth-order valence-electron chi connectivity index (χ4n) is 2.66. The average Bonchev–Trinajstić information content (AvgIpc) is 3.20. The van der Waals surface area contributed by atoms with Crippen molar-refractivity contribution in [1.29, 1.82) is 0 Å². The third-order valence-corrected chi connectivity index (χ3v) is 3.60. The molecule has 0 bridgehead atoms. The molecule has 2 heterocycles. The van der Waals surface area contributed by atoms with Crippen LogP contribution >= 0.6 is 0 Å². The van der Waals surface area contributed by atoms with Crippen molar-refractivity contribution in [2.45, 2.75) is 39.6 Å². The molecule has 3 aromatic rings. The number of furan rings is 2. The molecule has 0 aliphatic rings. The average molecular weight is 325 g/mol. The Morgan fingerprint density at radius 3 is 2.08 bits per heavy atom. The van der Waals surface area contributed by atoms with E-state index in [4.69, 9.17) is 13.6 Å². The maximum absolute atomic E-state index is 5.79. The molecule has 0 aliphatic carbocycles. The Labute approximate surface area is 142 Å². The first kappa shape index (κ1) is 16.4. The van der Waals surface area contributed by atoms with Gasteiger partial charge < -0.3 is 13.6 Å². The van der Waals surface area contributed by atoms with E-state index >= 15 is 0 Å². The molecular weight excluding hydrogens is 302 g/mol. The summed E-state index contributed by atoms with van der Waals surface area (Å²) >= 11 is 0. The van der Waals surface area contributed by atoms with Crippen molar-refractivity contribution >= 4 is 0 Å². The van der Waals surface area contributed by atoms with Crippen molar-refractivity contribution in [1.82, 2.24) is 4.90 Å². The van der Waals surface area contributed by atoms with E-state index in [-0.39, 0.29) is 6.10 Å². The van der Waals surface area contributed by atoms with Gasteiger partial charge in [0.1, 0.15) is 17.3 Å². The number of ether oxygens (including phenoxy) is 1. The standard InChI is InChI=1S/C20H23NO3/c1-16(2)24-18-7-3-6-17(12-18)13-21(14-19-8-4-10-22-19)15-20-9-5-11-23-20/h3-12,16H,13-15H2,1-2H3. The minimum Gasteiger partial charge on any atom is -0.491 e. The Balaban J connectivity index is 1.73. The second kappa shape index (κ2) is 7.88. The highest BCUT2D eigenvalue weighted by atomic mass is 16.5. The molecule has 1 aromatic carbocycles. The number of benzene rings is 1. The molecule has 3 rings (SSSR count). The summed E-state index contributed by atoms with van der Waals surface area (Å²) in [7, 11) is 0. The van der Waals surface area contributed by atoms with Crippen LogP contribution in [0.5, 0.6) is 5.75 Å². The summed E-state index contributed by atoms with van der Waals surface area (Å²) < 4.78 is 16.8.